The average molecular weight is 283 g/mol. The molecule has 1 N–H and O–H groups in total. The number of ether oxygens (including phenoxy) is 1. The number of pyridine rings is 1. The van der Waals surface area contributed by atoms with Gasteiger partial charge in [0.1, 0.15) is 16.5 Å². The van der Waals surface area contributed by atoms with E-state index in [4.69, 9.17) is 9.29 Å². The molecule has 0 fully saturated rings. The Labute approximate surface area is 109 Å². The number of hydrogen-bond donors (Lipinski definition) is 1. The van der Waals surface area contributed by atoms with Crippen molar-refractivity contribution < 1.29 is 22.1 Å². The fourth-order valence-corrected chi connectivity index (χ4v) is 2.03. The van der Waals surface area contributed by atoms with Crippen molar-refractivity contribution in [3.8, 4) is 17.0 Å². The topological polar surface area (TPSA) is 76.5 Å². The molecule has 1 aromatic heterocycles. The van der Waals surface area contributed by atoms with E-state index in [1.807, 2.05) is 0 Å². The summed E-state index contributed by atoms with van der Waals surface area (Å²) in [7, 11) is -2.92. The highest BCUT2D eigenvalue weighted by atomic mass is 32.2. The van der Waals surface area contributed by atoms with E-state index in [9.17, 15) is 12.8 Å². The first kappa shape index (κ1) is 13.4. The number of methoxy groups -OCH3 is 1. The average Bonchev–Trinajstić information content (AvgIpc) is 2.37. The lowest BCUT2D eigenvalue weighted by molar-refractivity contribution is 0.413. The zero-order chi connectivity index (χ0) is 14.0. The van der Waals surface area contributed by atoms with Crippen LogP contribution in [0.4, 0.5) is 4.39 Å². The molecule has 0 saturated carbocycles. The predicted molar refractivity (Wildman–Crippen MR) is 66.0 cm³/mol. The lowest BCUT2D eigenvalue weighted by Crippen LogP contribution is -2.00. The normalized spacial score (nSPS) is 11.3. The summed E-state index contributed by atoms with van der Waals surface area (Å²) in [6.45, 7) is 0. The second kappa shape index (κ2) is 4.94. The van der Waals surface area contributed by atoms with Gasteiger partial charge in [-0.05, 0) is 24.3 Å². The van der Waals surface area contributed by atoms with E-state index in [1.165, 1.54) is 25.3 Å². The number of aromatic nitrogens is 1. The first-order valence-corrected chi connectivity index (χ1v) is 6.64. The van der Waals surface area contributed by atoms with Gasteiger partial charge in [0.25, 0.3) is 10.1 Å². The van der Waals surface area contributed by atoms with Crippen LogP contribution < -0.4 is 4.74 Å². The minimum absolute atomic E-state index is 0.131. The molecule has 0 aliphatic rings. The van der Waals surface area contributed by atoms with Gasteiger partial charge >= 0.3 is 0 Å². The van der Waals surface area contributed by atoms with Gasteiger partial charge in [0.15, 0.2) is 0 Å². The van der Waals surface area contributed by atoms with E-state index in [1.54, 1.807) is 6.07 Å². The van der Waals surface area contributed by atoms with Crippen LogP contribution in [-0.4, -0.2) is 25.1 Å². The minimum Gasteiger partial charge on any atom is -0.496 e. The van der Waals surface area contributed by atoms with Gasteiger partial charge in [-0.25, -0.2) is 4.39 Å². The molecular formula is C12H10FNO4S. The van der Waals surface area contributed by atoms with Gasteiger partial charge in [0.2, 0.25) is 0 Å². The van der Waals surface area contributed by atoms with Crippen molar-refractivity contribution in [2.24, 2.45) is 0 Å². The summed E-state index contributed by atoms with van der Waals surface area (Å²) in [5.41, 5.74) is 0.342. The molecule has 0 spiro atoms. The number of rotatable bonds is 3. The molecule has 2 aromatic rings. The van der Waals surface area contributed by atoms with Crippen molar-refractivity contribution in [2.45, 2.75) is 4.90 Å². The van der Waals surface area contributed by atoms with Crippen molar-refractivity contribution in [3.05, 3.63) is 42.3 Å². The zero-order valence-electron chi connectivity index (χ0n) is 9.87. The maximum atomic E-state index is 13.8. The standard InChI is InChI=1S/C12H10FNO4S/c1-18-11-4-2-3-9(13)12(11)10-6-5-8(7-14-10)19(15,16)17/h2-7H,1H3,(H,15,16,17). The summed E-state index contributed by atoms with van der Waals surface area (Å²) < 4.78 is 49.4. The molecule has 0 unspecified atom stereocenters. The van der Waals surface area contributed by atoms with Crippen molar-refractivity contribution in [1.29, 1.82) is 0 Å². The number of hydrogen-bond acceptors (Lipinski definition) is 4. The van der Waals surface area contributed by atoms with E-state index < -0.39 is 15.9 Å². The fraction of sp³-hybridized carbons (Fsp3) is 0.0833. The Kier molecular flexibility index (Phi) is 3.50. The summed E-state index contributed by atoms with van der Waals surface area (Å²) in [5, 5.41) is 0. The van der Waals surface area contributed by atoms with Crippen LogP contribution in [0.15, 0.2) is 41.4 Å². The molecule has 0 saturated heterocycles. The fourth-order valence-electron chi connectivity index (χ4n) is 1.60. The van der Waals surface area contributed by atoms with E-state index in [0.717, 1.165) is 12.3 Å². The second-order valence-corrected chi connectivity index (χ2v) is 5.09. The van der Waals surface area contributed by atoms with E-state index >= 15 is 0 Å². The first-order valence-electron chi connectivity index (χ1n) is 5.20. The molecule has 0 bridgehead atoms. The van der Waals surface area contributed by atoms with E-state index in [0.29, 0.717) is 0 Å². The van der Waals surface area contributed by atoms with Crippen LogP contribution in [-0.2, 0) is 10.1 Å². The monoisotopic (exact) mass is 283 g/mol. The summed E-state index contributed by atoms with van der Waals surface area (Å²) in [6, 6.07) is 6.74. The van der Waals surface area contributed by atoms with Gasteiger partial charge in [-0.2, -0.15) is 8.42 Å². The molecular weight excluding hydrogens is 273 g/mol. The van der Waals surface area contributed by atoms with Gasteiger partial charge in [-0.3, -0.25) is 9.54 Å². The van der Waals surface area contributed by atoms with E-state index in [2.05, 4.69) is 4.98 Å². The zero-order valence-corrected chi connectivity index (χ0v) is 10.7. The van der Waals surface area contributed by atoms with Gasteiger partial charge in [-0.15, -0.1) is 0 Å². The molecule has 7 heteroatoms. The maximum Gasteiger partial charge on any atom is 0.296 e. The number of benzene rings is 1. The van der Waals surface area contributed by atoms with Crippen LogP contribution in [0.1, 0.15) is 0 Å². The Balaban J connectivity index is 2.55. The van der Waals surface area contributed by atoms with Crippen molar-refractivity contribution in [3.63, 3.8) is 0 Å². The van der Waals surface area contributed by atoms with Crippen molar-refractivity contribution >= 4 is 10.1 Å². The van der Waals surface area contributed by atoms with Crippen LogP contribution in [0.25, 0.3) is 11.3 Å². The molecule has 5 nitrogen and oxygen atoms in total. The molecule has 0 aliphatic heterocycles. The first-order chi connectivity index (χ1) is 8.93. The summed E-state index contributed by atoms with van der Waals surface area (Å²) in [6.07, 6.45) is 0.955. The molecule has 2 rings (SSSR count). The van der Waals surface area contributed by atoms with Crippen molar-refractivity contribution in [2.75, 3.05) is 7.11 Å². The highest BCUT2D eigenvalue weighted by Crippen LogP contribution is 2.31. The molecule has 0 radical (unpaired) electrons. The Morgan fingerprint density at radius 1 is 1.26 bits per heavy atom. The lowest BCUT2D eigenvalue weighted by atomic mass is 10.1. The molecule has 19 heavy (non-hydrogen) atoms. The van der Waals surface area contributed by atoms with E-state index in [-0.39, 0.29) is 21.9 Å². The van der Waals surface area contributed by atoms with Crippen LogP contribution >= 0.6 is 0 Å². The maximum absolute atomic E-state index is 13.8. The Hall–Kier alpha value is -1.99. The molecule has 0 atom stereocenters. The quantitative estimate of drug-likeness (QED) is 0.873. The molecule has 1 heterocycles. The highest BCUT2D eigenvalue weighted by molar-refractivity contribution is 7.85. The second-order valence-electron chi connectivity index (χ2n) is 3.67. The van der Waals surface area contributed by atoms with Crippen LogP contribution in [0.5, 0.6) is 5.75 Å². The van der Waals surface area contributed by atoms with Gasteiger partial charge < -0.3 is 4.74 Å². The minimum atomic E-state index is -4.32. The smallest absolute Gasteiger partial charge is 0.296 e. The Morgan fingerprint density at radius 3 is 2.53 bits per heavy atom. The third kappa shape index (κ3) is 2.72. The third-order valence-corrected chi connectivity index (χ3v) is 3.32. The van der Waals surface area contributed by atoms with Gasteiger partial charge in [-0.1, -0.05) is 6.07 Å². The number of nitrogens with zero attached hydrogens (tertiary/aromatic N) is 1. The van der Waals surface area contributed by atoms with Crippen LogP contribution in [0.3, 0.4) is 0 Å². The van der Waals surface area contributed by atoms with Crippen LogP contribution in [0.2, 0.25) is 0 Å². The SMILES string of the molecule is COc1cccc(F)c1-c1ccc(S(=O)(=O)O)cn1. The molecule has 0 aliphatic carbocycles. The Morgan fingerprint density at radius 2 is 2.00 bits per heavy atom. The molecule has 1 aromatic carbocycles. The molecule has 0 amide bonds. The predicted octanol–water partition coefficient (Wildman–Crippen LogP) is 2.14. The van der Waals surface area contributed by atoms with Gasteiger partial charge in [0.05, 0.1) is 18.4 Å². The van der Waals surface area contributed by atoms with Crippen LogP contribution in [0, 0.1) is 5.82 Å². The third-order valence-electron chi connectivity index (χ3n) is 2.49. The number of halogens is 1. The summed E-state index contributed by atoms with van der Waals surface area (Å²) in [4.78, 5) is 3.47. The summed E-state index contributed by atoms with van der Waals surface area (Å²) >= 11 is 0. The van der Waals surface area contributed by atoms with Gasteiger partial charge in [0, 0.05) is 6.20 Å². The van der Waals surface area contributed by atoms with Crippen molar-refractivity contribution in [1.82, 2.24) is 4.98 Å². The Bertz CT molecular complexity index is 698. The highest BCUT2D eigenvalue weighted by Gasteiger charge is 2.15. The molecule has 100 valence electrons. The lowest BCUT2D eigenvalue weighted by Gasteiger charge is -2.09. The largest absolute Gasteiger partial charge is 0.496 e. The summed E-state index contributed by atoms with van der Waals surface area (Å²) in [5.74, 6) is -0.251.